The molecule has 0 unspecified atom stereocenters. The maximum absolute atomic E-state index is 6.69. The van der Waals surface area contributed by atoms with Crippen molar-refractivity contribution >= 4 is 17.3 Å². The Balaban J connectivity index is 1.45. The average molecular weight is 479 g/mol. The third-order valence-electron chi connectivity index (χ3n) is 6.88. The number of rotatable bonds is 9. The van der Waals surface area contributed by atoms with Gasteiger partial charge in [0.15, 0.2) is 0 Å². The summed E-state index contributed by atoms with van der Waals surface area (Å²) in [5.74, 6) is 2.06. The van der Waals surface area contributed by atoms with Crippen molar-refractivity contribution in [2.75, 3.05) is 51.8 Å². The maximum Gasteiger partial charge on any atom is 0.119 e. The first-order valence-electron chi connectivity index (χ1n) is 12.2. The average Bonchev–Trinajstić information content (AvgIpc) is 2.89. The molecule has 3 aromatic carbocycles. The number of benzene rings is 3. The number of anilines is 1. The van der Waals surface area contributed by atoms with Gasteiger partial charge in [0.1, 0.15) is 11.5 Å². The van der Waals surface area contributed by atoms with Crippen molar-refractivity contribution in [3.8, 4) is 11.5 Å². The molecule has 34 heavy (non-hydrogen) atoms. The van der Waals surface area contributed by atoms with E-state index in [4.69, 9.17) is 21.1 Å². The zero-order valence-electron chi connectivity index (χ0n) is 20.5. The molecule has 1 aliphatic heterocycles. The highest BCUT2D eigenvalue weighted by atomic mass is 35.5. The molecule has 1 heterocycles. The summed E-state index contributed by atoms with van der Waals surface area (Å²) in [5, 5.41) is 0.912. The van der Waals surface area contributed by atoms with Crippen LogP contribution in [0.2, 0.25) is 5.02 Å². The lowest BCUT2D eigenvalue weighted by molar-refractivity contribution is 0.251. The van der Waals surface area contributed by atoms with Crippen LogP contribution in [0.25, 0.3) is 0 Å². The monoisotopic (exact) mass is 478 g/mol. The van der Waals surface area contributed by atoms with Crippen LogP contribution in [0.1, 0.15) is 36.0 Å². The molecule has 0 spiro atoms. The largest absolute Gasteiger partial charge is 0.497 e. The molecule has 1 aliphatic rings. The fourth-order valence-corrected chi connectivity index (χ4v) is 5.23. The molecule has 0 amide bonds. The summed E-state index contributed by atoms with van der Waals surface area (Å²) < 4.78 is 11.0. The van der Waals surface area contributed by atoms with Crippen molar-refractivity contribution in [3.05, 3.63) is 88.4 Å². The van der Waals surface area contributed by atoms with Gasteiger partial charge in [-0.15, -0.1) is 0 Å². The molecule has 5 heteroatoms. The van der Waals surface area contributed by atoms with Crippen molar-refractivity contribution in [2.45, 2.75) is 25.7 Å². The summed E-state index contributed by atoms with van der Waals surface area (Å²) in [7, 11) is 3.45. The second kappa shape index (κ2) is 11.6. The van der Waals surface area contributed by atoms with Gasteiger partial charge in [-0.1, -0.05) is 54.9 Å². The Labute approximate surface area is 209 Å². The topological polar surface area (TPSA) is 24.9 Å². The van der Waals surface area contributed by atoms with Crippen LogP contribution in [0, 0.1) is 0 Å². The van der Waals surface area contributed by atoms with Crippen LogP contribution in [0.4, 0.5) is 5.69 Å². The summed E-state index contributed by atoms with van der Waals surface area (Å²) in [4.78, 5) is 5.00. The first-order chi connectivity index (χ1) is 16.6. The quantitative estimate of drug-likeness (QED) is 0.362. The standard InChI is InChI=1S/C29H35ClN2O2/c1-4-22-8-7-13-28(29(22)30)32-18-16-31(17-19-32)15-14-27(23-9-5-11-25(20-23)33-2)24-10-6-12-26(21-24)34-3/h5-13,20-21,27H,4,14-19H2,1-3H3. The Morgan fingerprint density at radius 2 is 1.41 bits per heavy atom. The molecule has 0 radical (unpaired) electrons. The van der Waals surface area contributed by atoms with Crippen LogP contribution in [0.15, 0.2) is 66.7 Å². The van der Waals surface area contributed by atoms with E-state index in [2.05, 4.69) is 71.3 Å². The SMILES string of the molecule is CCc1cccc(N2CCN(CCC(c3cccc(OC)c3)c3cccc(OC)c3)CC2)c1Cl. The van der Waals surface area contributed by atoms with Gasteiger partial charge in [0.05, 0.1) is 24.9 Å². The molecule has 3 aromatic rings. The molecule has 0 aliphatic carbocycles. The van der Waals surface area contributed by atoms with Crippen LogP contribution < -0.4 is 14.4 Å². The van der Waals surface area contributed by atoms with Gasteiger partial charge in [-0.25, -0.2) is 0 Å². The van der Waals surface area contributed by atoms with Crippen LogP contribution in [-0.2, 0) is 6.42 Å². The van der Waals surface area contributed by atoms with Gasteiger partial charge in [0.25, 0.3) is 0 Å². The Morgan fingerprint density at radius 1 is 0.824 bits per heavy atom. The lowest BCUT2D eigenvalue weighted by Gasteiger charge is -2.37. The normalized spacial score (nSPS) is 14.4. The van der Waals surface area contributed by atoms with E-state index < -0.39 is 0 Å². The van der Waals surface area contributed by atoms with E-state index in [1.807, 2.05) is 12.1 Å². The summed E-state index contributed by atoms with van der Waals surface area (Å²) in [5.41, 5.74) is 4.94. The number of piperazine rings is 1. The number of halogens is 1. The zero-order chi connectivity index (χ0) is 23.9. The minimum Gasteiger partial charge on any atom is -0.497 e. The Morgan fingerprint density at radius 3 is 1.97 bits per heavy atom. The highest BCUT2D eigenvalue weighted by Crippen LogP contribution is 2.33. The second-order valence-corrected chi connectivity index (χ2v) is 9.20. The number of methoxy groups -OCH3 is 2. The minimum atomic E-state index is 0.277. The predicted molar refractivity (Wildman–Crippen MR) is 142 cm³/mol. The number of hydrogen-bond acceptors (Lipinski definition) is 4. The summed E-state index contributed by atoms with van der Waals surface area (Å²) >= 11 is 6.69. The highest BCUT2D eigenvalue weighted by Gasteiger charge is 2.22. The van der Waals surface area contributed by atoms with Gasteiger partial charge in [0, 0.05) is 32.1 Å². The van der Waals surface area contributed by atoms with Crippen molar-refractivity contribution in [2.24, 2.45) is 0 Å². The van der Waals surface area contributed by atoms with Crippen molar-refractivity contribution < 1.29 is 9.47 Å². The Bertz CT molecular complexity index is 1030. The van der Waals surface area contributed by atoms with Gasteiger partial charge in [0.2, 0.25) is 0 Å². The predicted octanol–water partition coefficient (Wildman–Crippen LogP) is 6.26. The first-order valence-corrected chi connectivity index (χ1v) is 12.5. The van der Waals surface area contributed by atoms with Gasteiger partial charge in [-0.2, -0.15) is 0 Å². The number of ether oxygens (including phenoxy) is 2. The van der Waals surface area contributed by atoms with Gasteiger partial charge in [-0.05, 0) is 66.4 Å². The van der Waals surface area contributed by atoms with E-state index in [-0.39, 0.29) is 5.92 Å². The number of hydrogen-bond donors (Lipinski definition) is 0. The fraction of sp³-hybridized carbons (Fsp3) is 0.379. The van der Waals surface area contributed by atoms with E-state index in [0.29, 0.717) is 0 Å². The lowest BCUT2D eigenvalue weighted by atomic mass is 9.88. The molecule has 0 bridgehead atoms. The van der Waals surface area contributed by atoms with E-state index >= 15 is 0 Å². The molecule has 180 valence electrons. The molecule has 0 aromatic heterocycles. The molecule has 0 N–H and O–H groups in total. The molecule has 0 atom stereocenters. The molecular weight excluding hydrogens is 444 g/mol. The third kappa shape index (κ3) is 5.68. The lowest BCUT2D eigenvalue weighted by Crippen LogP contribution is -2.47. The summed E-state index contributed by atoms with van der Waals surface area (Å²) in [6.45, 7) is 7.26. The molecule has 4 nitrogen and oxygen atoms in total. The van der Waals surface area contributed by atoms with Gasteiger partial charge in [-0.3, -0.25) is 4.90 Å². The van der Waals surface area contributed by atoms with Gasteiger partial charge >= 0.3 is 0 Å². The third-order valence-corrected chi connectivity index (χ3v) is 7.31. The van der Waals surface area contributed by atoms with Crippen molar-refractivity contribution in [3.63, 3.8) is 0 Å². The molecule has 4 rings (SSSR count). The van der Waals surface area contributed by atoms with Crippen molar-refractivity contribution in [1.82, 2.24) is 4.90 Å². The summed E-state index contributed by atoms with van der Waals surface area (Å²) in [6, 6.07) is 23.3. The first kappa shape index (κ1) is 24.4. The Hall–Kier alpha value is -2.69. The van der Waals surface area contributed by atoms with Crippen LogP contribution in [0.5, 0.6) is 11.5 Å². The Kier molecular flexibility index (Phi) is 8.36. The zero-order valence-corrected chi connectivity index (χ0v) is 21.2. The van der Waals surface area contributed by atoms with Crippen LogP contribution in [-0.4, -0.2) is 51.8 Å². The van der Waals surface area contributed by atoms with E-state index in [1.165, 1.54) is 22.4 Å². The summed E-state index contributed by atoms with van der Waals surface area (Å²) in [6.07, 6.45) is 2.00. The minimum absolute atomic E-state index is 0.277. The maximum atomic E-state index is 6.69. The van der Waals surface area contributed by atoms with E-state index in [9.17, 15) is 0 Å². The second-order valence-electron chi connectivity index (χ2n) is 8.83. The van der Waals surface area contributed by atoms with E-state index in [0.717, 1.165) is 62.1 Å². The van der Waals surface area contributed by atoms with Crippen LogP contribution >= 0.6 is 11.6 Å². The van der Waals surface area contributed by atoms with Crippen molar-refractivity contribution in [1.29, 1.82) is 0 Å². The van der Waals surface area contributed by atoms with Crippen LogP contribution in [0.3, 0.4) is 0 Å². The molecular formula is C29H35ClN2O2. The fourth-order valence-electron chi connectivity index (χ4n) is 4.85. The number of nitrogens with zero attached hydrogens (tertiary/aromatic N) is 2. The molecule has 0 saturated carbocycles. The van der Waals surface area contributed by atoms with E-state index in [1.54, 1.807) is 14.2 Å². The smallest absolute Gasteiger partial charge is 0.119 e. The molecule has 1 saturated heterocycles. The highest BCUT2D eigenvalue weighted by molar-refractivity contribution is 6.34. The number of aryl methyl sites for hydroxylation is 1. The van der Waals surface area contributed by atoms with Gasteiger partial charge < -0.3 is 14.4 Å². The molecule has 1 fully saturated rings.